The average Bonchev–Trinajstić information content (AvgIpc) is 2.85. The molecule has 0 radical (unpaired) electrons. The maximum Gasteiger partial charge on any atom is 0.294 e. The van der Waals surface area contributed by atoms with E-state index in [1.807, 2.05) is 19.1 Å². The number of nitrogens with zero attached hydrogens (tertiary/aromatic N) is 2. The SMILES string of the molecule is Cc1ccccc1NC(=O)CN1C(=O)SC(=Cc2ccncc2)C1=O. The summed E-state index contributed by atoms with van der Waals surface area (Å²) in [6.45, 7) is 1.56. The van der Waals surface area contributed by atoms with Gasteiger partial charge < -0.3 is 5.32 Å². The number of nitrogens with one attached hydrogen (secondary N) is 1. The van der Waals surface area contributed by atoms with E-state index in [0.29, 0.717) is 10.6 Å². The standard InChI is InChI=1S/C18H15N3O3S/c1-12-4-2-3-5-14(12)20-16(22)11-21-17(23)15(25-18(21)24)10-13-6-8-19-9-7-13/h2-10H,11H2,1H3,(H,20,22). The largest absolute Gasteiger partial charge is 0.324 e. The highest BCUT2D eigenvalue weighted by atomic mass is 32.2. The van der Waals surface area contributed by atoms with Crippen molar-refractivity contribution in [3.05, 3.63) is 64.8 Å². The molecule has 6 nitrogen and oxygen atoms in total. The number of amides is 3. The molecule has 3 rings (SSSR count). The molecule has 0 bridgehead atoms. The van der Waals surface area contributed by atoms with Crippen LogP contribution in [0.2, 0.25) is 0 Å². The molecule has 2 heterocycles. The van der Waals surface area contributed by atoms with Crippen LogP contribution in [0.15, 0.2) is 53.7 Å². The predicted octanol–water partition coefficient (Wildman–Crippen LogP) is 3.07. The van der Waals surface area contributed by atoms with Gasteiger partial charge in [0.2, 0.25) is 5.91 Å². The number of thioether (sulfide) groups is 1. The lowest BCUT2D eigenvalue weighted by molar-refractivity contribution is -0.127. The summed E-state index contributed by atoms with van der Waals surface area (Å²) >= 11 is 0.826. The second-order valence-electron chi connectivity index (χ2n) is 5.41. The molecular formula is C18H15N3O3S. The van der Waals surface area contributed by atoms with Crippen LogP contribution in [0.1, 0.15) is 11.1 Å². The number of carbonyl (C=O) groups is 3. The van der Waals surface area contributed by atoms with Crippen LogP contribution in [0, 0.1) is 6.92 Å². The molecule has 7 heteroatoms. The molecule has 1 N–H and O–H groups in total. The van der Waals surface area contributed by atoms with Crippen molar-refractivity contribution in [2.75, 3.05) is 11.9 Å². The molecule has 1 fully saturated rings. The molecule has 1 aromatic heterocycles. The van der Waals surface area contributed by atoms with Crippen molar-refractivity contribution in [1.29, 1.82) is 0 Å². The molecule has 1 aliphatic heterocycles. The van der Waals surface area contributed by atoms with Crippen LogP contribution in [0.3, 0.4) is 0 Å². The van der Waals surface area contributed by atoms with E-state index in [9.17, 15) is 14.4 Å². The zero-order valence-electron chi connectivity index (χ0n) is 13.4. The Bertz CT molecular complexity index is 865. The molecular weight excluding hydrogens is 338 g/mol. The van der Waals surface area contributed by atoms with Gasteiger partial charge in [0.15, 0.2) is 0 Å². The van der Waals surface area contributed by atoms with Gasteiger partial charge in [-0.1, -0.05) is 18.2 Å². The van der Waals surface area contributed by atoms with Crippen LogP contribution in [0.5, 0.6) is 0 Å². The number of hydrogen-bond acceptors (Lipinski definition) is 5. The summed E-state index contributed by atoms with van der Waals surface area (Å²) in [6, 6.07) is 10.8. The third kappa shape index (κ3) is 3.95. The molecule has 0 aliphatic carbocycles. The van der Waals surface area contributed by atoms with Gasteiger partial charge in [0.25, 0.3) is 11.1 Å². The Morgan fingerprint density at radius 1 is 1.20 bits per heavy atom. The number of benzene rings is 1. The van der Waals surface area contributed by atoms with Gasteiger partial charge in [-0.25, -0.2) is 0 Å². The first-order valence-corrected chi connectivity index (χ1v) is 8.37. The number of anilines is 1. The second-order valence-corrected chi connectivity index (χ2v) is 6.40. The maximum atomic E-state index is 12.4. The number of rotatable bonds is 4. The average molecular weight is 353 g/mol. The molecule has 0 unspecified atom stereocenters. The van der Waals surface area contributed by atoms with E-state index in [-0.39, 0.29) is 6.54 Å². The Labute approximate surface area is 148 Å². The first-order valence-electron chi connectivity index (χ1n) is 7.55. The molecule has 1 aromatic carbocycles. The van der Waals surface area contributed by atoms with Crippen LogP contribution in [-0.2, 0) is 9.59 Å². The zero-order chi connectivity index (χ0) is 17.8. The van der Waals surface area contributed by atoms with Gasteiger partial charge in [-0.15, -0.1) is 0 Å². The minimum absolute atomic E-state index is 0.292. The molecule has 0 saturated carbocycles. The lowest BCUT2D eigenvalue weighted by atomic mass is 10.2. The molecule has 1 aliphatic rings. The zero-order valence-corrected chi connectivity index (χ0v) is 14.2. The van der Waals surface area contributed by atoms with Gasteiger partial charge >= 0.3 is 0 Å². The highest BCUT2D eigenvalue weighted by molar-refractivity contribution is 8.18. The number of pyridine rings is 1. The van der Waals surface area contributed by atoms with E-state index in [2.05, 4.69) is 10.3 Å². The molecule has 0 spiro atoms. The number of carbonyl (C=O) groups excluding carboxylic acids is 3. The van der Waals surface area contributed by atoms with E-state index in [1.54, 1.807) is 42.7 Å². The van der Waals surface area contributed by atoms with Crippen LogP contribution in [0.4, 0.5) is 10.5 Å². The van der Waals surface area contributed by atoms with Crippen molar-refractivity contribution in [3.8, 4) is 0 Å². The van der Waals surface area contributed by atoms with E-state index in [0.717, 1.165) is 27.8 Å². The van der Waals surface area contributed by atoms with E-state index >= 15 is 0 Å². The van der Waals surface area contributed by atoms with Gasteiger partial charge in [0, 0.05) is 18.1 Å². The number of aryl methyl sites for hydroxylation is 1. The van der Waals surface area contributed by atoms with Crippen molar-refractivity contribution < 1.29 is 14.4 Å². The van der Waals surface area contributed by atoms with Crippen molar-refractivity contribution >= 4 is 40.6 Å². The third-order valence-corrected chi connectivity index (χ3v) is 4.51. The Morgan fingerprint density at radius 2 is 1.92 bits per heavy atom. The Kier molecular flexibility index (Phi) is 4.95. The molecule has 2 aromatic rings. The van der Waals surface area contributed by atoms with Crippen molar-refractivity contribution in [1.82, 2.24) is 9.88 Å². The van der Waals surface area contributed by atoms with Crippen molar-refractivity contribution in [2.45, 2.75) is 6.92 Å². The first-order chi connectivity index (χ1) is 12.0. The minimum atomic E-state index is -0.466. The molecule has 3 amide bonds. The fourth-order valence-electron chi connectivity index (χ4n) is 2.29. The first kappa shape index (κ1) is 16.9. The van der Waals surface area contributed by atoms with E-state index in [4.69, 9.17) is 0 Å². The summed E-state index contributed by atoms with van der Waals surface area (Å²) in [4.78, 5) is 41.8. The lowest BCUT2D eigenvalue weighted by Gasteiger charge is -2.13. The topological polar surface area (TPSA) is 79.4 Å². The smallest absolute Gasteiger partial charge is 0.294 e. The van der Waals surface area contributed by atoms with Gasteiger partial charge in [-0.05, 0) is 54.1 Å². The minimum Gasteiger partial charge on any atom is -0.324 e. The van der Waals surface area contributed by atoms with Gasteiger partial charge in [0.1, 0.15) is 6.54 Å². The molecule has 25 heavy (non-hydrogen) atoms. The maximum absolute atomic E-state index is 12.4. The highest BCUT2D eigenvalue weighted by Crippen LogP contribution is 2.32. The Balaban J connectivity index is 1.70. The van der Waals surface area contributed by atoms with Crippen LogP contribution < -0.4 is 5.32 Å². The third-order valence-electron chi connectivity index (χ3n) is 3.60. The van der Waals surface area contributed by atoms with Crippen molar-refractivity contribution in [2.24, 2.45) is 0 Å². The summed E-state index contributed by atoms with van der Waals surface area (Å²) < 4.78 is 0. The summed E-state index contributed by atoms with van der Waals surface area (Å²) in [7, 11) is 0. The molecule has 1 saturated heterocycles. The summed E-state index contributed by atoms with van der Waals surface area (Å²) in [5, 5.41) is 2.27. The fourth-order valence-corrected chi connectivity index (χ4v) is 3.13. The summed E-state index contributed by atoms with van der Waals surface area (Å²) in [6.07, 6.45) is 4.82. The number of imide groups is 1. The Morgan fingerprint density at radius 3 is 2.64 bits per heavy atom. The highest BCUT2D eigenvalue weighted by Gasteiger charge is 2.36. The number of hydrogen-bond donors (Lipinski definition) is 1. The number of aromatic nitrogens is 1. The Hall–Kier alpha value is -2.93. The van der Waals surface area contributed by atoms with Crippen LogP contribution >= 0.6 is 11.8 Å². The quantitative estimate of drug-likeness (QED) is 0.855. The van der Waals surface area contributed by atoms with Crippen LogP contribution in [0.25, 0.3) is 6.08 Å². The van der Waals surface area contributed by atoms with Gasteiger partial charge in [-0.3, -0.25) is 24.3 Å². The normalized spacial score (nSPS) is 15.7. The van der Waals surface area contributed by atoms with Crippen LogP contribution in [-0.4, -0.2) is 33.5 Å². The lowest BCUT2D eigenvalue weighted by Crippen LogP contribution is -2.36. The van der Waals surface area contributed by atoms with E-state index < -0.39 is 17.1 Å². The van der Waals surface area contributed by atoms with Gasteiger partial charge in [-0.2, -0.15) is 0 Å². The number of para-hydroxylation sites is 1. The predicted molar refractivity (Wildman–Crippen MR) is 96.7 cm³/mol. The van der Waals surface area contributed by atoms with Crippen molar-refractivity contribution in [3.63, 3.8) is 0 Å². The van der Waals surface area contributed by atoms with E-state index in [1.165, 1.54) is 0 Å². The second kappa shape index (κ2) is 7.31. The van der Waals surface area contributed by atoms with Gasteiger partial charge in [0.05, 0.1) is 4.91 Å². The molecule has 126 valence electrons. The summed E-state index contributed by atoms with van der Waals surface area (Å²) in [5.41, 5.74) is 2.33. The summed E-state index contributed by atoms with van der Waals surface area (Å²) in [5.74, 6) is -0.881. The molecule has 0 atom stereocenters. The monoisotopic (exact) mass is 353 g/mol. The fraction of sp³-hybridized carbons (Fsp3) is 0.111.